The molecule has 15 heavy (non-hydrogen) atoms. The Labute approximate surface area is 98.0 Å². The van der Waals surface area contributed by atoms with Gasteiger partial charge in [-0.2, -0.15) is 13.2 Å². The molecule has 0 N–H and O–H groups in total. The van der Waals surface area contributed by atoms with E-state index in [1.165, 1.54) is 23.1 Å². The highest BCUT2D eigenvalue weighted by Gasteiger charge is 2.37. The van der Waals surface area contributed by atoms with Gasteiger partial charge in [0, 0.05) is 0 Å². The molecule has 0 unspecified atom stereocenters. The lowest BCUT2D eigenvalue weighted by Gasteiger charge is -2.12. The number of alkyl halides is 3. The molecule has 0 aliphatic rings. The van der Waals surface area contributed by atoms with Crippen molar-refractivity contribution in [3.05, 3.63) is 0 Å². The van der Waals surface area contributed by atoms with Gasteiger partial charge in [0.25, 0.3) is 0 Å². The lowest BCUT2D eigenvalue weighted by atomic mass is 10.5. The number of rotatable bonds is 4. The monoisotopic (exact) mass is 274 g/mol. The molecule has 86 valence electrons. The molecule has 0 spiro atoms. The highest BCUT2D eigenvalue weighted by molar-refractivity contribution is 8.03. The maximum absolute atomic E-state index is 12.2. The maximum atomic E-state index is 12.2. The van der Waals surface area contributed by atoms with Crippen molar-refractivity contribution >= 4 is 34.9 Å². The van der Waals surface area contributed by atoms with E-state index in [4.69, 9.17) is 0 Å². The summed E-state index contributed by atoms with van der Waals surface area (Å²) in [6, 6.07) is 0. The van der Waals surface area contributed by atoms with Crippen LogP contribution >= 0.6 is 34.9 Å². The second-order valence-corrected chi connectivity index (χ2v) is 6.65. The van der Waals surface area contributed by atoms with Gasteiger partial charge < -0.3 is 0 Å². The summed E-state index contributed by atoms with van der Waals surface area (Å²) < 4.78 is 37.7. The Hall–Kier alpha value is 0.0500. The van der Waals surface area contributed by atoms with Gasteiger partial charge in [-0.1, -0.05) is 41.8 Å². The van der Waals surface area contributed by atoms with E-state index in [1.807, 2.05) is 6.92 Å². The Morgan fingerprint density at radius 1 is 1.33 bits per heavy atom. The van der Waals surface area contributed by atoms with E-state index in [1.54, 1.807) is 0 Å². The van der Waals surface area contributed by atoms with Crippen molar-refractivity contribution in [1.82, 2.24) is 10.2 Å². The number of hydrogen-bond donors (Lipinski definition) is 0. The molecule has 1 aromatic rings. The van der Waals surface area contributed by atoms with Crippen LogP contribution in [0.5, 0.6) is 0 Å². The number of hydrogen-bond acceptors (Lipinski definition) is 5. The summed E-state index contributed by atoms with van der Waals surface area (Å²) >= 11 is 3.39. The first-order valence-corrected chi connectivity index (χ1v) is 6.81. The highest BCUT2D eigenvalue weighted by Crippen LogP contribution is 2.37. The van der Waals surface area contributed by atoms with Crippen molar-refractivity contribution in [2.75, 3.05) is 5.75 Å². The molecule has 8 heteroatoms. The third-order valence-electron chi connectivity index (χ3n) is 1.39. The maximum Gasteiger partial charge on any atom is 0.400 e. The molecule has 0 aliphatic heterocycles. The molecule has 1 aromatic heterocycles. The first-order valence-electron chi connectivity index (χ1n) is 4.13. The zero-order valence-corrected chi connectivity index (χ0v) is 10.5. The van der Waals surface area contributed by atoms with Gasteiger partial charge in [0.15, 0.2) is 8.68 Å². The Kier molecular flexibility index (Phi) is 4.72. The van der Waals surface area contributed by atoms with Crippen LogP contribution in [0.3, 0.4) is 0 Å². The van der Waals surface area contributed by atoms with Crippen LogP contribution < -0.4 is 0 Å². The molecular weight excluding hydrogens is 265 g/mol. The number of thioether (sulfide) groups is 2. The Morgan fingerprint density at radius 2 is 1.93 bits per heavy atom. The van der Waals surface area contributed by atoms with Crippen LogP contribution in [0.15, 0.2) is 8.68 Å². The van der Waals surface area contributed by atoms with Crippen LogP contribution in [-0.4, -0.2) is 27.4 Å². The molecule has 0 bridgehead atoms. The van der Waals surface area contributed by atoms with E-state index in [0.717, 1.165) is 17.0 Å². The molecule has 0 radical (unpaired) electrons. The molecule has 0 fully saturated rings. The summed E-state index contributed by atoms with van der Waals surface area (Å²) in [6.07, 6.45) is -4.19. The molecule has 0 saturated carbocycles. The molecule has 2 nitrogen and oxygen atoms in total. The minimum Gasteiger partial charge on any atom is -0.170 e. The van der Waals surface area contributed by atoms with E-state index in [-0.39, 0.29) is 0 Å². The quantitative estimate of drug-likeness (QED) is 0.782. The van der Waals surface area contributed by atoms with Gasteiger partial charge in [0.05, 0.1) is 0 Å². The Morgan fingerprint density at radius 3 is 2.47 bits per heavy atom. The third kappa shape index (κ3) is 4.20. The fourth-order valence-electron chi connectivity index (χ4n) is 0.645. The second-order valence-electron chi connectivity index (χ2n) is 2.57. The van der Waals surface area contributed by atoms with Gasteiger partial charge in [-0.3, -0.25) is 0 Å². The van der Waals surface area contributed by atoms with Gasteiger partial charge >= 0.3 is 6.18 Å². The molecule has 0 aromatic carbocycles. The molecule has 1 heterocycles. The second kappa shape index (κ2) is 5.40. The molecule has 0 amide bonds. The van der Waals surface area contributed by atoms with Crippen LogP contribution in [0.2, 0.25) is 0 Å². The topological polar surface area (TPSA) is 25.8 Å². The van der Waals surface area contributed by atoms with Crippen molar-refractivity contribution in [1.29, 1.82) is 0 Å². The van der Waals surface area contributed by atoms with E-state index in [0.29, 0.717) is 16.1 Å². The van der Waals surface area contributed by atoms with Crippen LogP contribution in [-0.2, 0) is 0 Å². The number of aromatic nitrogens is 2. The lowest BCUT2D eigenvalue weighted by Crippen LogP contribution is -2.21. The van der Waals surface area contributed by atoms with Gasteiger partial charge in [-0.05, 0) is 12.7 Å². The van der Waals surface area contributed by atoms with E-state index in [2.05, 4.69) is 10.2 Å². The zero-order valence-electron chi connectivity index (χ0n) is 8.04. The molecule has 0 aliphatic carbocycles. The summed E-state index contributed by atoms with van der Waals surface area (Å²) in [5.74, 6) is 0.841. The van der Waals surface area contributed by atoms with Crippen molar-refractivity contribution in [2.45, 2.75) is 34.0 Å². The number of nitrogens with zero attached hydrogens (tertiary/aromatic N) is 2. The average molecular weight is 274 g/mol. The lowest BCUT2D eigenvalue weighted by molar-refractivity contribution is -0.125. The molecule has 0 saturated heterocycles. The fraction of sp³-hybridized carbons (Fsp3) is 0.714. The standard InChI is InChI=1S/C7H9F3N2S3/c1-3-13-5-11-12-6(15-5)14-4(2)7(8,9)10/h4H,3H2,1-2H3/t4-/m1/s1. The molecular formula is C7H9F3N2S3. The predicted molar refractivity (Wildman–Crippen MR) is 57.7 cm³/mol. The normalized spacial score (nSPS) is 14.2. The van der Waals surface area contributed by atoms with Crippen LogP contribution in [0, 0.1) is 0 Å². The number of halogens is 3. The van der Waals surface area contributed by atoms with Crippen LogP contribution in [0.25, 0.3) is 0 Å². The summed E-state index contributed by atoms with van der Waals surface area (Å²) in [5, 5.41) is 6.04. The Bertz CT molecular complexity index is 313. The largest absolute Gasteiger partial charge is 0.400 e. The van der Waals surface area contributed by atoms with Crippen molar-refractivity contribution in [3.8, 4) is 0 Å². The Balaban J connectivity index is 2.57. The average Bonchev–Trinajstić information content (AvgIpc) is 2.51. The summed E-state index contributed by atoms with van der Waals surface area (Å²) in [4.78, 5) is 0. The van der Waals surface area contributed by atoms with E-state index in [9.17, 15) is 13.2 Å². The SMILES string of the molecule is CCSc1nnc(S[C@H](C)C(F)(F)F)s1. The van der Waals surface area contributed by atoms with Gasteiger partial charge in [-0.25, -0.2) is 0 Å². The van der Waals surface area contributed by atoms with Gasteiger partial charge in [0.1, 0.15) is 5.25 Å². The highest BCUT2D eigenvalue weighted by atomic mass is 32.2. The van der Waals surface area contributed by atoms with Crippen LogP contribution in [0.1, 0.15) is 13.8 Å². The van der Waals surface area contributed by atoms with E-state index >= 15 is 0 Å². The third-order valence-corrected chi connectivity index (χ3v) is 4.57. The summed E-state index contributed by atoms with van der Waals surface area (Å²) in [5.41, 5.74) is 0. The minimum atomic E-state index is -4.19. The van der Waals surface area contributed by atoms with Crippen molar-refractivity contribution < 1.29 is 13.2 Å². The minimum absolute atomic E-state index is 0.371. The summed E-state index contributed by atoms with van der Waals surface area (Å²) in [7, 11) is 0. The van der Waals surface area contributed by atoms with Crippen molar-refractivity contribution in [2.24, 2.45) is 0 Å². The van der Waals surface area contributed by atoms with Crippen molar-refractivity contribution in [3.63, 3.8) is 0 Å². The fourth-order valence-corrected chi connectivity index (χ4v) is 3.67. The van der Waals surface area contributed by atoms with E-state index < -0.39 is 11.4 Å². The first-order chi connectivity index (χ1) is 6.93. The first kappa shape index (κ1) is 13.1. The predicted octanol–water partition coefficient (Wildman–Crippen LogP) is 3.69. The zero-order chi connectivity index (χ0) is 11.5. The van der Waals surface area contributed by atoms with Gasteiger partial charge in [-0.15, -0.1) is 10.2 Å². The smallest absolute Gasteiger partial charge is 0.170 e. The molecule has 1 atom stereocenters. The van der Waals surface area contributed by atoms with Gasteiger partial charge in [0.2, 0.25) is 0 Å². The van der Waals surface area contributed by atoms with Crippen LogP contribution in [0.4, 0.5) is 13.2 Å². The molecule has 1 rings (SSSR count). The summed E-state index contributed by atoms with van der Waals surface area (Å²) in [6.45, 7) is 3.08.